The van der Waals surface area contributed by atoms with Crippen LogP contribution in [0.1, 0.15) is 16.1 Å². The number of nitrogens with one attached hydrogen (secondary N) is 1. The SMILES string of the molecule is Cc1cc(NC(=O)c2cc(O)ccc2O)no1. The van der Waals surface area contributed by atoms with E-state index in [1.165, 1.54) is 18.2 Å². The summed E-state index contributed by atoms with van der Waals surface area (Å²) >= 11 is 0. The van der Waals surface area contributed by atoms with Gasteiger partial charge in [-0.2, -0.15) is 0 Å². The largest absolute Gasteiger partial charge is 0.508 e. The number of hydrogen-bond donors (Lipinski definition) is 3. The molecule has 0 radical (unpaired) electrons. The van der Waals surface area contributed by atoms with Crippen molar-refractivity contribution in [2.45, 2.75) is 6.92 Å². The van der Waals surface area contributed by atoms with E-state index in [4.69, 9.17) is 4.52 Å². The van der Waals surface area contributed by atoms with Crippen LogP contribution in [-0.2, 0) is 0 Å². The lowest BCUT2D eigenvalue weighted by molar-refractivity contribution is 0.102. The molecule has 1 aromatic carbocycles. The summed E-state index contributed by atoms with van der Waals surface area (Å²) in [6.07, 6.45) is 0. The second-order valence-electron chi connectivity index (χ2n) is 3.48. The highest BCUT2D eigenvalue weighted by Crippen LogP contribution is 2.23. The zero-order valence-electron chi connectivity index (χ0n) is 8.97. The lowest BCUT2D eigenvalue weighted by atomic mass is 10.2. The van der Waals surface area contributed by atoms with Crippen LogP contribution in [-0.4, -0.2) is 21.3 Å². The number of carbonyl (C=O) groups is 1. The maximum absolute atomic E-state index is 11.7. The Balaban J connectivity index is 2.22. The Hall–Kier alpha value is -2.50. The van der Waals surface area contributed by atoms with Gasteiger partial charge in [-0.05, 0) is 25.1 Å². The Bertz CT molecular complexity index is 562. The van der Waals surface area contributed by atoms with Crippen LogP contribution in [0.15, 0.2) is 28.8 Å². The molecule has 88 valence electrons. The Morgan fingerprint density at radius 2 is 2.12 bits per heavy atom. The van der Waals surface area contributed by atoms with Gasteiger partial charge in [-0.3, -0.25) is 4.79 Å². The molecule has 3 N–H and O–H groups in total. The van der Waals surface area contributed by atoms with E-state index in [-0.39, 0.29) is 22.9 Å². The number of aryl methyl sites for hydroxylation is 1. The standard InChI is InChI=1S/C11H10N2O4/c1-6-4-10(13-17-6)12-11(16)8-5-7(14)2-3-9(8)15/h2-5,14-15H,1H3,(H,12,13,16). The van der Waals surface area contributed by atoms with E-state index in [0.717, 1.165) is 6.07 Å². The molecule has 1 amide bonds. The van der Waals surface area contributed by atoms with Crippen molar-refractivity contribution in [1.29, 1.82) is 0 Å². The first-order chi connectivity index (χ1) is 8.06. The van der Waals surface area contributed by atoms with E-state index in [2.05, 4.69) is 10.5 Å². The van der Waals surface area contributed by atoms with Crippen molar-refractivity contribution in [3.05, 3.63) is 35.6 Å². The van der Waals surface area contributed by atoms with Crippen LogP contribution in [0.2, 0.25) is 0 Å². The van der Waals surface area contributed by atoms with Gasteiger partial charge >= 0.3 is 0 Å². The minimum Gasteiger partial charge on any atom is -0.508 e. The van der Waals surface area contributed by atoms with E-state index < -0.39 is 5.91 Å². The van der Waals surface area contributed by atoms with E-state index >= 15 is 0 Å². The zero-order valence-corrected chi connectivity index (χ0v) is 8.97. The second kappa shape index (κ2) is 4.17. The quantitative estimate of drug-likeness (QED) is 0.686. The average molecular weight is 234 g/mol. The highest BCUT2D eigenvalue weighted by atomic mass is 16.5. The predicted octanol–water partition coefficient (Wildman–Crippen LogP) is 1.65. The van der Waals surface area contributed by atoms with Gasteiger partial charge in [0, 0.05) is 6.07 Å². The van der Waals surface area contributed by atoms with Crippen molar-refractivity contribution < 1.29 is 19.5 Å². The van der Waals surface area contributed by atoms with Crippen molar-refractivity contribution >= 4 is 11.7 Å². The van der Waals surface area contributed by atoms with Gasteiger partial charge < -0.3 is 20.1 Å². The number of rotatable bonds is 2. The summed E-state index contributed by atoms with van der Waals surface area (Å²) in [6.45, 7) is 1.69. The fraction of sp³-hybridized carbons (Fsp3) is 0.0909. The van der Waals surface area contributed by atoms with Crippen molar-refractivity contribution in [2.24, 2.45) is 0 Å². The molecule has 6 heteroatoms. The smallest absolute Gasteiger partial charge is 0.260 e. The highest BCUT2D eigenvalue weighted by Gasteiger charge is 2.13. The summed E-state index contributed by atoms with van der Waals surface area (Å²) in [5, 5.41) is 24.7. The highest BCUT2D eigenvalue weighted by molar-refractivity contribution is 6.05. The Morgan fingerprint density at radius 1 is 1.35 bits per heavy atom. The van der Waals surface area contributed by atoms with E-state index in [1.807, 2.05) is 0 Å². The number of phenolic OH excluding ortho intramolecular Hbond substituents is 2. The molecule has 0 aliphatic heterocycles. The number of hydrogen-bond acceptors (Lipinski definition) is 5. The number of aromatic hydroxyl groups is 2. The van der Waals surface area contributed by atoms with Crippen LogP contribution >= 0.6 is 0 Å². The molecule has 0 saturated heterocycles. The van der Waals surface area contributed by atoms with Gasteiger partial charge in [-0.25, -0.2) is 0 Å². The fourth-order valence-electron chi connectivity index (χ4n) is 1.31. The fourth-order valence-corrected chi connectivity index (χ4v) is 1.31. The van der Waals surface area contributed by atoms with Gasteiger partial charge in [0.2, 0.25) is 0 Å². The van der Waals surface area contributed by atoms with Crippen LogP contribution in [0.4, 0.5) is 5.82 Å². The number of phenols is 2. The van der Waals surface area contributed by atoms with Gasteiger partial charge in [0.1, 0.15) is 17.3 Å². The number of nitrogens with zero attached hydrogens (tertiary/aromatic N) is 1. The van der Waals surface area contributed by atoms with Crippen LogP contribution in [0, 0.1) is 6.92 Å². The molecule has 0 aliphatic carbocycles. The average Bonchev–Trinajstić information content (AvgIpc) is 2.67. The number of aromatic nitrogens is 1. The second-order valence-corrected chi connectivity index (χ2v) is 3.48. The van der Waals surface area contributed by atoms with Gasteiger partial charge in [0.05, 0.1) is 5.56 Å². The Morgan fingerprint density at radius 3 is 2.76 bits per heavy atom. The van der Waals surface area contributed by atoms with Crippen LogP contribution in [0.3, 0.4) is 0 Å². The van der Waals surface area contributed by atoms with Crippen LogP contribution < -0.4 is 5.32 Å². The molecule has 2 rings (SSSR count). The number of anilines is 1. The van der Waals surface area contributed by atoms with Crippen molar-refractivity contribution in [3.8, 4) is 11.5 Å². The normalized spacial score (nSPS) is 10.2. The number of benzene rings is 1. The van der Waals surface area contributed by atoms with Crippen LogP contribution in [0.25, 0.3) is 0 Å². The zero-order chi connectivity index (χ0) is 12.4. The van der Waals surface area contributed by atoms with Gasteiger partial charge in [-0.15, -0.1) is 0 Å². The number of carbonyl (C=O) groups excluding carboxylic acids is 1. The predicted molar refractivity (Wildman–Crippen MR) is 59.0 cm³/mol. The summed E-state index contributed by atoms with van der Waals surface area (Å²) in [5.74, 6) is -0.104. The third-order valence-corrected chi connectivity index (χ3v) is 2.09. The van der Waals surface area contributed by atoms with E-state index in [1.54, 1.807) is 6.92 Å². The van der Waals surface area contributed by atoms with Crippen molar-refractivity contribution in [2.75, 3.05) is 5.32 Å². The lowest BCUT2D eigenvalue weighted by Gasteiger charge is -2.04. The third-order valence-electron chi connectivity index (χ3n) is 2.09. The molecule has 1 aromatic heterocycles. The molecule has 0 aliphatic rings. The first kappa shape index (κ1) is 11.0. The van der Waals surface area contributed by atoms with Gasteiger partial charge in [-0.1, -0.05) is 5.16 Å². The summed E-state index contributed by atoms with van der Waals surface area (Å²) in [5.41, 5.74) is -0.0364. The molecule has 0 atom stereocenters. The maximum atomic E-state index is 11.7. The van der Waals surface area contributed by atoms with Gasteiger partial charge in [0.15, 0.2) is 5.82 Å². The topological polar surface area (TPSA) is 95.6 Å². The molecule has 1 heterocycles. The van der Waals surface area contributed by atoms with Crippen molar-refractivity contribution in [1.82, 2.24) is 5.16 Å². The Labute approximate surface area is 96.5 Å². The molecule has 17 heavy (non-hydrogen) atoms. The maximum Gasteiger partial charge on any atom is 0.260 e. The third kappa shape index (κ3) is 2.36. The Kier molecular flexibility index (Phi) is 2.70. The summed E-state index contributed by atoms with van der Waals surface area (Å²) in [4.78, 5) is 11.7. The molecule has 0 saturated carbocycles. The van der Waals surface area contributed by atoms with Gasteiger partial charge in [0.25, 0.3) is 5.91 Å². The minimum absolute atomic E-state index is 0.0364. The van der Waals surface area contributed by atoms with Crippen molar-refractivity contribution in [3.63, 3.8) is 0 Å². The van der Waals surface area contributed by atoms with Crippen LogP contribution in [0.5, 0.6) is 11.5 Å². The molecular weight excluding hydrogens is 224 g/mol. The summed E-state index contributed by atoms with van der Waals surface area (Å²) in [7, 11) is 0. The summed E-state index contributed by atoms with van der Waals surface area (Å²) in [6, 6.07) is 5.22. The minimum atomic E-state index is -0.577. The monoisotopic (exact) mass is 234 g/mol. The molecule has 0 fully saturated rings. The molecule has 2 aromatic rings. The first-order valence-electron chi connectivity index (χ1n) is 4.83. The summed E-state index contributed by atoms with van der Waals surface area (Å²) < 4.78 is 4.78. The van der Waals surface area contributed by atoms with E-state index in [9.17, 15) is 15.0 Å². The first-order valence-corrected chi connectivity index (χ1v) is 4.83. The molecule has 6 nitrogen and oxygen atoms in total. The number of amides is 1. The lowest BCUT2D eigenvalue weighted by Crippen LogP contribution is -2.12. The molecule has 0 unspecified atom stereocenters. The molecular formula is C11H10N2O4. The van der Waals surface area contributed by atoms with E-state index in [0.29, 0.717) is 5.76 Å². The molecule has 0 bridgehead atoms. The molecule has 0 spiro atoms.